The van der Waals surface area contributed by atoms with Crippen molar-refractivity contribution >= 4 is 29.0 Å². The van der Waals surface area contributed by atoms with E-state index in [1.54, 1.807) is 0 Å². The van der Waals surface area contributed by atoms with Crippen molar-refractivity contribution in [3.05, 3.63) is 75.3 Å². The van der Waals surface area contributed by atoms with Gasteiger partial charge in [-0.25, -0.2) is 4.79 Å². The maximum Gasteiger partial charge on any atom is 0.416 e. The highest BCUT2D eigenvalue weighted by molar-refractivity contribution is 6.32. The molecule has 0 spiro atoms. The second-order valence-electron chi connectivity index (χ2n) is 5.85. The van der Waals surface area contributed by atoms with Crippen LogP contribution >= 0.6 is 11.6 Å². The Morgan fingerprint density at radius 2 is 1.90 bits per heavy atom. The molecule has 158 valence electrons. The van der Waals surface area contributed by atoms with Gasteiger partial charge in [-0.05, 0) is 37.3 Å². The molecule has 1 atom stereocenters. The van der Waals surface area contributed by atoms with E-state index in [1.807, 2.05) is 0 Å². The zero-order valence-electron chi connectivity index (χ0n) is 15.2. The van der Waals surface area contributed by atoms with E-state index < -0.39 is 45.8 Å². The van der Waals surface area contributed by atoms with Crippen LogP contribution in [0, 0.1) is 10.1 Å². The molecule has 0 aliphatic rings. The number of hydrogen-bond acceptors (Lipinski definition) is 6. The summed E-state index contributed by atoms with van der Waals surface area (Å²) in [5.41, 5.74) is -2.15. The molecule has 0 bridgehead atoms. The zero-order valence-corrected chi connectivity index (χ0v) is 16.0. The highest BCUT2D eigenvalue weighted by Crippen LogP contribution is 2.37. The standard InChI is InChI=1S/C19H13ClF3NO6/c1-3-16(10(2)25)30-18(26)13-9-12(5-6-15(13)24(27)28)29-17-7-4-11(8-14(17)20)19(21,22)23/h3-9,16H,1H2,2H3. The molecule has 11 heteroatoms. The van der Waals surface area contributed by atoms with E-state index >= 15 is 0 Å². The Kier molecular flexibility index (Phi) is 6.83. The first-order valence-electron chi connectivity index (χ1n) is 8.11. The van der Waals surface area contributed by atoms with Gasteiger partial charge in [0.25, 0.3) is 5.69 Å². The monoisotopic (exact) mass is 443 g/mol. The third kappa shape index (κ3) is 5.35. The minimum atomic E-state index is -4.61. The lowest BCUT2D eigenvalue weighted by molar-refractivity contribution is -0.385. The fourth-order valence-electron chi connectivity index (χ4n) is 2.26. The van der Waals surface area contributed by atoms with Crippen LogP contribution in [0.3, 0.4) is 0 Å². The van der Waals surface area contributed by atoms with E-state index in [2.05, 4.69) is 6.58 Å². The van der Waals surface area contributed by atoms with Gasteiger partial charge in [-0.2, -0.15) is 13.2 Å². The Labute approximate surface area is 172 Å². The summed E-state index contributed by atoms with van der Waals surface area (Å²) in [6.07, 6.45) is -4.87. The molecule has 0 aliphatic carbocycles. The molecule has 0 aromatic heterocycles. The van der Waals surface area contributed by atoms with E-state index in [0.717, 1.165) is 43.3 Å². The second kappa shape index (κ2) is 8.95. The molecule has 0 aliphatic heterocycles. The molecule has 1 unspecified atom stereocenters. The number of carbonyl (C=O) groups excluding carboxylic acids is 2. The van der Waals surface area contributed by atoms with E-state index in [-0.39, 0.29) is 16.5 Å². The fourth-order valence-corrected chi connectivity index (χ4v) is 2.48. The summed E-state index contributed by atoms with van der Waals surface area (Å²) in [5.74, 6) is -2.05. The van der Waals surface area contributed by atoms with Gasteiger partial charge in [-0.15, -0.1) is 0 Å². The van der Waals surface area contributed by atoms with Crippen molar-refractivity contribution in [1.82, 2.24) is 0 Å². The predicted octanol–water partition coefficient (Wildman–Crippen LogP) is 5.36. The fraction of sp³-hybridized carbons (Fsp3) is 0.158. The Bertz CT molecular complexity index is 1020. The van der Waals surface area contributed by atoms with Crippen LogP contribution in [0.25, 0.3) is 0 Å². The SMILES string of the molecule is C=CC(OC(=O)c1cc(Oc2ccc(C(F)(F)F)cc2Cl)ccc1[N+](=O)[O-])C(C)=O. The average molecular weight is 444 g/mol. The lowest BCUT2D eigenvalue weighted by atomic mass is 10.1. The maximum atomic E-state index is 12.7. The molecule has 2 aromatic carbocycles. The van der Waals surface area contributed by atoms with Crippen LogP contribution in [-0.4, -0.2) is 22.8 Å². The van der Waals surface area contributed by atoms with Gasteiger partial charge in [0.05, 0.1) is 15.5 Å². The number of alkyl halides is 3. The van der Waals surface area contributed by atoms with Crippen molar-refractivity contribution in [2.75, 3.05) is 0 Å². The Balaban J connectivity index is 2.38. The van der Waals surface area contributed by atoms with Crippen LogP contribution < -0.4 is 4.74 Å². The normalized spacial score (nSPS) is 12.0. The highest BCUT2D eigenvalue weighted by Gasteiger charge is 2.31. The number of carbonyl (C=O) groups is 2. The smallest absolute Gasteiger partial charge is 0.416 e. The number of benzene rings is 2. The topological polar surface area (TPSA) is 95.7 Å². The first kappa shape index (κ1) is 22.9. The quantitative estimate of drug-likeness (QED) is 0.247. The summed E-state index contributed by atoms with van der Waals surface area (Å²) in [4.78, 5) is 34.1. The first-order chi connectivity index (χ1) is 13.9. The van der Waals surface area contributed by atoms with Gasteiger partial charge in [0.15, 0.2) is 11.9 Å². The van der Waals surface area contributed by atoms with E-state index in [1.165, 1.54) is 0 Å². The lowest BCUT2D eigenvalue weighted by Crippen LogP contribution is -2.23. The van der Waals surface area contributed by atoms with E-state index in [9.17, 15) is 32.9 Å². The Hall–Kier alpha value is -3.40. The summed E-state index contributed by atoms with van der Waals surface area (Å²) in [6, 6.07) is 5.38. The number of ketones is 1. The molecule has 30 heavy (non-hydrogen) atoms. The Morgan fingerprint density at radius 3 is 2.40 bits per heavy atom. The van der Waals surface area contributed by atoms with E-state index in [0.29, 0.717) is 6.07 Å². The third-order valence-electron chi connectivity index (χ3n) is 3.72. The van der Waals surface area contributed by atoms with E-state index in [4.69, 9.17) is 21.1 Å². The molecular weight excluding hydrogens is 431 g/mol. The number of Topliss-reactive ketones (excluding diaryl/α,β-unsaturated/α-hetero) is 1. The van der Waals surface area contributed by atoms with Crippen molar-refractivity contribution in [1.29, 1.82) is 0 Å². The van der Waals surface area contributed by atoms with Crippen LogP contribution in [0.1, 0.15) is 22.8 Å². The summed E-state index contributed by atoms with van der Waals surface area (Å²) in [5, 5.41) is 10.8. The summed E-state index contributed by atoms with van der Waals surface area (Å²) >= 11 is 5.82. The van der Waals surface area contributed by atoms with Crippen molar-refractivity contribution in [2.45, 2.75) is 19.2 Å². The first-order valence-corrected chi connectivity index (χ1v) is 8.49. The van der Waals surface area contributed by atoms with Crippen LogP contribution in [0.15, 0.2) is 49.1 Å². The number of nitro groups is 1. The second-order valence-corrected chi connectivity index (χ2v) is 6.26. The minimum Gasteiger partial charge on any atom is -0.456 e. The molecule has 0 N–H and O–H groups in total. The third-order valence-corrected chi connectivity index (χ3v) is 4.02. The molecule has 0 heterocycles. The van der Waals surface area contributed by atoms with Crippen LogP contribution in [0.4, 0.5) is 18.9 Å². The molecule has 0 fully saturated rings. The van der Waals surface area contributed by atoms with Gasteiger partial charge in [-0.3, -0.25) is 14.9 Å². The van der Waals surface area contributed by atoms with Gasteiger partial charge in [0, 0.05) is 12.1 Å². The van der Waals surface area contributed by atoms with Gasteiger partial charge in [0.2, 0.25) is 0 Å². The number of esters is 1. The molecule has 0 saturated carbocycles. The van der Waals surface area contributed by atoms with Crippen LogP contribution in [0.2, 0.25) is 5.02 Å². The predicted molar refractivity (Wildman–Crippen MR) is 99.7 cm³/mol. The number of halogens is 4. The van der Waals surface area contributed by atoms with Crippen molar-refractivity contribution in [3.8, 4) is 11.5 Å². The summed E-state index contributed by atoms with van der Waals surface area (Å²) in [6.45, 7) is 4.48. The molecule has 7 nitrogen and oxygen atoms in total. The molecule has 0 radical (unpaired) electrons. The lowest BCUT2D eigenvalue weighted by Gasteiger charge is -2.13. The molecule has 2 aromatic rings. The number of ether oxygens (including phenoxy) is 2. The average Bonchev–Trinajstić information content (AvgIpc) is 2.66. The van der Waals surface area contributed by atoms with Crippen LogP contribution in [0.5, 0.6) is 11.5 Å². The Morgan fingerprint density at radius 1 is 1.23 bits per heavy atom. The number of nitrogens with zero attached hydrogens (tertiary/aromatic N) is 1. The maximum absolute atomic E-state index is 12.7. The van der Waals surface area contributed by atoms with Gasteiger partial charge in [-0.1, -0.05) is 18.2 Å². The molecular formula is C19H13ClF3NO6. The van der Waals surface area contributed by atoms with Crippen molar-refractivity contribution in [3.63, 3.8) is 0 Å². The van der Waals surface area contributed by atoms with Gasteiger partial charge >= 0.3 is 12.1 Å². The van der Waals surface area contributed by atoms with Gasteiger partial charge in [0.1, 0.15) is 17.1 Å². The molecule has 0 saturated heterocycles. The number of nitro benzene ring substituents is 1. The van der Waals surface area contributed by atoms with Gasteiger partial charge < -0.3 is 9.47 Å². The van der Waals surface area contributed by atoms with Crippen molar-refractivity contribution < 1.29 is 37.2 Å². The molecule has 2 rings (SSSR count). The highest BCUT2D eigenvalue weighted by atomic mass is 35.5. The number of rotatable bonds is 7. The van der Waals surface area contributed by atoms with Crippen LogP contribution in [-0.2, 0) is 15.7 Å². The summed E-state index contributed by atoms with van der Waals surface area (Å²) < 4.78 is 48.5. The minimum absolute atomic E-state index is 0.132. The zero-order chi connectivity index (χ0) is 22.6. The summed E-state index contributed by atoms with van der Waals surface area (Å²) in [7, 11) is 0. The van der Waals surface area contributed by atoms with Crippen molar-refractivity contribution in [2.24, 2.45) is 0 Å². The largest absolute Gasteiger partial charge is 0.456 e. The number of hydrogen-bond donors (Lipinski definition) is 0. The molecule has 0 amide bonds.